The molecule has 0 aromatic rings. The lowest BCUT2D eigenvalue weighted by Gasteiger charge is -2.25. The van der Waals surface area contributed by atoms with Crippen molar-refractivity contribution in [3.05, 3.63) is 84.7 Å². The van der Waals surface area contributed by atoms with Crippen molar-refractivity contribution in [2.24, 2.45) is 0 Å². The standard InChI is InChI=1S/C19H25FN2/c1-6-18(16(3)20)10-8-9-13-22(7-2)17(4)19-11-14-21(5)15-12-19/h6,8-14H,1,4,7,15H2,2-3,5H3/b10-8-,13-9+,18-16+. The summed E-state index contributed by atoms with van der Waals surface area (Å²) in [6.07, 6.45) is 15.1. The van der Waals surface area contributed by atoms with Crippen molar-refractivity contribution in [3.8, 4) is 0 Å². The molecular weight excluding hydrogens is 275 g/mol. The van der Waals surface area contributed by atoms with Crippen molar-refractivity contribution in [2.75, 3.05) is 20.1 Å². The highest BCUT2D eigenvalue weighted by molar-refractivity contribution is 5.40. The number of hydrogen-bond donors (Lipinski definition) is 0. The summed E-state index contributed by atoms with van der Waals surface area (Å²) in [5.41, 5.74) is 2.57. The summed E-state index contributed by atoms with van der Waals surface area (Å²) in [4.78, 5) is 4.17. The Kier molecular flexibility index (Phi) is 7.17. The van der Waals surface area contributed by atoms with E-state index >= 15 is 0 Å². The molecule has 0 atom stereocenters. The fourth-order valence-electron chi connectivity index (χ4n) is 1.98. The van der Waals surface area contributed by atoms with E-state index in [1.807, 2.05) is 25.5 Å². The summed E-state index contributed by atoms with van der Waals surface area (Å²) in [6.45, 7) is 12.9. The molecule has 0 N–H and O–H groups in total. The highest BCUT2D eigenvalue weighted by Crippen LogP contribution is 2.18. The van der Waals surface area contributed by atoms with Crippen LogP contribution >= 0.6 is 0 Å². The lowest BCUT2D eigenvalue weighted by atomic mass is 10.1. The maximum atomic E-state index is 13.1. The maximum absolute atomic E-state index is 13.1. The molecule has 0 unspecified atom stereocenters. The molecule has 1 heterocycles. The van der Waals surface area contributed by atoms with Gasteiger partial charge in [-0.05, 0) is 37.8 Å². The van der Waals surface area contributed by atoms with E-state index in [1.54, 1.807) is 12.2 Å². The molecule has 0 amide bonds. The first-order valence-electron chi connectivity index (χ1n) is 7.37. The number of halogens is 1. The Labute approximate surface area is 133 Å². The summed E-state index contributed by atoms with van der Waals surface area (Å²) in [6, 6.07) is 0. The van der Waals surface area contributed by atoms with E-state index in [-0.39, 0.29) is 5.83 Å². The van der Waals surface area contributed by atoms with Crippen molar-refractivity contribution >= 4 is 0 Å². The van der Waals surface area contributed by atoms with E-state index < -0.39 is 0 Å². The van der Waals surface area contributed by atoms with Crippen LogP contribution < -0.4 is 0 Å². The van der Waals surface area contributed by atoms with Gasteiger partial charge in [0.25, 0.3) is 0 Å². The lowest BCUT2D eigenvalue weighted by molar-refractivity contribution is 0.484. The predicted octanol–water partition coefficient (Wildman–Crippen LogP) is 4.71. The van der Waals surface area contributed by atoms with E-state index in [2.05, 4.69) is 42.0 Å². The molecule has 1 aliphatic heterocycles. The van der Waals surface area contributed by atoms with Gasteiger partial charge in [-0.3, -0.25) is 0 Å². The summed E-state index contributed by atoms with van der Waals surface area (Å²) in [5.74, 6) is -0.238. The smallest absolute Gasteiger partial charge is 0.104 e. The summed E-state index contributed by atoms with van der Waals surface area (Å²) >= 11 is 0. The van der Waals surface area contributed by atoms with Crippen molar-refractivity contribution in [1.29, 1.82) is 0 Å². The Morgan fingerprint density at radius 2 is 2.18 bits per heavy atom. The van der Waals surface area contributed by atoms with Gasteiger partial charge in [0.2, 0.25) is 0 Å². The van der Waals surface area contributed by atoms with E-state index in [4.69, 9.17) is 0 Å². The van der Waals surface area contributed by atoms with Gasteiger partial charge in [0.15, 0.2) is 0 Å². The Morgan fingerprint density at radius 1 is 1.45 bits per heavy atom. The van der Waals surface area contributed by atoms with Gasteiger partial charge in [-0.2, -0.15) is 0 Å². The molecule has 0 aliphatic carbocycles. The normalized spacial score (nSPS) is 16.0. The number of allylic oxidation sites excluding steroid dienone is 7. The third-order valence-corrected chi connectivity index (χ3v) is 3.40. The second-order valence-electron chi connectivity index (χ2n) is 5.04. The number of rotatable bonds is 7. The molecule has 3 heteroatoms. The van der Waals surface area contributed by atoms with E-state index in [0.717, 1.165) is 24.4 Å². The van der Waals surface area contributed by atoms with Crippen molar-refractivity contribution in [1.82, 2.24) is 9.80 Å². The van der Waals surface area contributed by atoms with E-state index in [1.165, 1.54) is 13.0 Å². The molecule has 0 aromatic heterocycles. The van der Waals surface area contributed by atoms with Crippen LogP contribution in [0.1, 0.15) is 13.8 Å². The Morgan fingerprint density at radius 3 is 2.68 bits per heavy atom. The molecule has 0 spiro atoms. The summed E-state index contributed by atoms with van der Waals surface area (Å²) in [7, 11) is 2.03. The molecule has 0 aromatic carbocycles. The Hall–Kier alpha value is -2.29. The monoisotopic (exact) mass is 300 g/mol. The van der Waals surface area contributed by atoms with Gasteiger partial charge in [0.1, 0.15) is 5.83 Å². The summed E-state index contributed by atoms with van der Waals surface area (Å²) in [5, 5.41) is 0. The molecule has 2 nitrogen and oxygen atoms in total. The van der Waals surface area contributed by atoms with Crippen molar-refractivity contribution in [3.63, 3.8) is 0 Å². The van der Waals surface area contributed by atoms with Crippen LogP contribution in [0.3, 0.4) is 0 Å². The third-order valence-electron chi connectivity index (χ3n) is 3.40. The molecule has 22 heavy (non-hydrogen) atoms. The van der Waals surface area contributed by atoms with Gasteiger partial charge in [0, 0.05) is 37.6 Å². The molecule has 118 valence electrons. The van der Waals surface area contributed by atoms with Gasteiger partial charge < -0.3 is 9.80 Å². The quantitative estimate of drug-likeness (QED) is 0.628. The zero-order valence-electron chi connectivity index (χ0n) is 13.7. The molecule has 0 fully saturated rings. The topological polar surface area (TPSA) is 6.48 Å². The average Bonchev–Trinajstić information content (AvgIpc) is 2.51. The average molecular weight is 300 g/mol. The van der Waals surface area contributed by atoms with Crippen LogP contribution in [0.2, 0.25) is 0 Å². The molecule has 1 rings (SSSR count). The minimum absolute atomic E-state index is 0.238. The van der Waals surface area contributed by atoms with Crippen molar-refractivity contribution in [2.45, 2.75) is 13.8 Å². The van der Waals surface area contributed by atoms with Gasteiger partial charge in [-0.1, -0.05) is 37.5 Å². The molecule has 0 saturated carbocycles. The lowest BCUT2D eigenvalue weighted by Crippen LogP contribution is -2.20. The number of hydrogen-bond acceptors (Lipinski definition) is 2. The fraction of sp³-hybridized carbons (Fsp3) is 0.263. The first kappa shape index (κ1) is 17.8. The highest BCUT2D eigenvalue weighted by Gasteiger charge is 2.08. The third kappa shape index (κ3) is 5.24. The second-order valence-corrected chi connectivity index (χ2v) is 5.04. The van der Waals surface area contributed by atoms with Crippen LogP contribution in [0.25, 0.3) is 0 Å². The SMILES string of the molecule is C=CC(/C=C\C=C\N(CC)C(=C)C1=CCN(C)C=C1)=C(/C)F. The minimum Gasteiger partial charge on any atom is -0.377 e. The predicted molar refractivity (Wildman–Crippen MR) is 93.7 cm³/mol. The molecule has 1 aliphatic rings. The van der Waals surface area contributed by atoms with Gasteiger partial charge >= 0.3 is 0 Å². The van der Waals surface area contributed by atoms with E-state index in [9.17, 15) is 4.39 Å². The van der Waals surface area contributed by atoms with Gasteiger partial charge in [0.05, 0.1) is 0 Å². The number of likely N-dealkylation sites (N-methyl/N-ethyl adjacent to an activating group) is 2. The van der Waals surface area contributed by atoms with Crippen molar-refractivity contribution < 1.29 is 4.39 Å². The Bertz CT molecular complexity index is 558. The zero-order chi connectivity index (χ0) is 16.5. The van der Waals surface area contributed by atoms with Crippen LogP contribution in [0.4, 0.5) is 4.39 Å². The fourth-order valence-corrected chi connectivity index (χ4v) is 1.98. The van der Waals surface area contributed by atoms with E-state index in [0.29, 0.717) is 5.57 Å². The van der Waals surface area contributed by atoms with Crippen LogP contribution in [-0.4, -0.2) is 29.9 Å². The largest absolute Gasteiger partial charge is 0.377 e. The number of nitrogens with zero attached hydrogens (tertiary/aromatic N) is 2. The van der Waals surface area contributed by atoms with Crippen LogP contribution in [0.15, 0.2) is 84.7 Å². The van der Waals surface area contributed by atoms with Crippen LogP contribution in [0.5, 0.6) is 0 Å². The van der Waals surface area contributed by atoms with Gasteiger partial charge in [-0.25, -0.2) is 4.39 Å². The second kappa shape index (κ2) is 8.88. The van der Waals surface area contributed by atoms with Gasteiger partial charge in [-0.15, -0.1) is 0 Å². The van der Waals surface area contributed by atoms with Crippen LogP contribution in [-0.2, 0) is 0 Å². The Balaban J connectivity index is 2.73. The molecule has 0 bridgehead atoms. The summed E-state index contributed by atoms with van der Waals surface area (Å²) < 4.78 is 13.1. The molecule has 0 saturated heterocycles. The molecule has 0 radical (unpaired) electrons. The first-order chi connectivity index (χ1) is 10.5. The van der Waals surface area contributed by atoms with Crippen LogP contribution in [0, 0.1) is 0 Å². The minimum atomic E-state index is -0.238. The first-order valence-corrected chi connectivity index (χ1v) is 7.37. The zero-order valence-corrected chi connectivity index (χ0v) is 13.7. The maximum Gasteiger partial charge on any atom is 0.104 e. The molecular formula is C19H25FN2. The highest BCUT2D eigenvalue weighted by atomic mass is 19.1.